The summed E-state index contributed by atoms with van der Waals surface area (Å²) in [5.41, 5.74) is 2.10. The molecule has 1 aliphatic rings. The molecule has 106 valence electrons. The molecule has 1 heteroatoms. The molecule has 0 spiro atoms. The lowest BCUT2D eigenvalue weighted by atomic mass is 9.83. The molecule has 2 atom stereocenters. The van der Waals surface area contributed by atoms with Crippen LogP contribution in [0.25, 0.3) is 0 Å². The van der Waals surface area contributed by atoms with Crippen molar-refractivity contribution in [2.24, 2.45) is 5.92 Å². The first kappa shape index (κ1) is 16.2. The molecule has 0 N–H and O–H groups in total. The van der Waals surface area contributed by atoms with Gasteiger partial charge in [-0.2, -0.15) is 0 Å². The molecule has 0 heterocycles. The molecule has 0 fully saturated rings. The first-order chi connectivity index (χ1) is 9.65. The van der Waals surface area contributed by atoms with Crippen LogP contribution in [0.5, 0.6) is 0 Å². The van der Waals surface area contributed by atoms with Crippen LogP contribution in [0, 0.1) is 5.92 Å². The molecular formula is C19H24O. The van der Waals surface area contributed by atoms with Gasteiger partial charge in [0.1, 0.15) is 0 Å². The number of rotatable bonds is 4. The smallest absolute Gasteiger partial charge is 0.181 e. The number of benzene rings is 1. The van der Waals surface area contributed by atoms with Gasteiger partial charge in [-0.25, -0.2) is 0 Å². The Bertz CT molecular complexity index is 494. The van der Waals surface area contributed by atoms with Crippen LogP contribution in [0.3, 0.4) is 0 Å². The zero-order valence-corrected chi connectivity index (χ0v) is 12.7. The summed E-state index contributed by atoms with van der Waals surface area (Å²) in [6.07, 6.45) is 8.59. The van der Waals surface area contributed by atoms with E-state index < -0.39 is 0 Å². The minimum atomic E-state index is 0.0304. The topological polar surface area (TPSA) is 17.1 Å². The molecule has 20 heavy (non-hydrogen) atoms. The summed E-state index contributed by atoms with van der Waals surface area (Å²) in [5, 5.41) is 0. The summed E-state index contributed by atoms with van der Waals surface area (Å²) < 4.78 is 0. The van der Waals surface area contributed by atoms with E-state index in [1.807, 2.05) is 30.4 Å². The van der Waals surface area contributed by atoms with E-state index in [0.717, 1.165) is 5.57 Å². The molecule has 2 rings (SSSR count). The second-order valence-corrected chi connectivity index (χ2v) is 5.01. The van der Waals surface area contributed by atoms with Crippen LogP contribution in [0.2, 0.25) is 0 Å². The second-order valence-electron chi connectivity index (χ2n) is 5.01. The van der Waals surface area contributed by atoms with E-state index in [1.54, 1.807) is 0 Å². The van der Waals surface area contributed by atoms with Crippen LogP contribution in [0.15, 0.2) is 66.8 Å². The van der Waals surface area contributed by atoms with Gasteiger partial charge in [0.05, 0.1) is 0 Å². The van der Waals surface area contributed by atoms with Gasteiger partial charge in [-0.05, 0) is 17.6 Å². The molecule has 0 aromatic heterocycles. The Hall–Kier alpha value is -1.89. The number of hydrogen-bond acceptors (Lipinski definition) is 1. The van der Waals surface area contributed by atoms with Crippen molar-refractivity contribution >= 4 is 5.78 Å². The standard InChI is InChI=1S/C16H16O.C3H8/c1-3-16(17)15-11-7-10-14(15)12(2)13-8-5-4-6-9-13;1-3-2/h3-12,14H,1H2,2H3;3H2,1-2H3/t12-,14?;/m1./s1. The van der Waals surface area contributed by atoms with Crippen LogP contribution in [0.4, 0.5) is 0 Å². The third kappa shape index (κ3) is 4.06. The van der Waals surface area contributed by atoms with E-state index in [-0.39, 0.29) is 11.7 Å². The highest BCUT2D eigenvalue weighted by molar-refractivity contribution is 6.05. The summed E-state index contributed by atoms with van der Waals surface area (Å²) in [5.74, 6) is 0.510. The van der Waals surface area contributed by atoms with Crippen LogP contribution in [0.1, 0.15) is 38.7 Å². The third-order valence-corrected chi connectivity index (χ3v) is 3.29. The molecule has 1 aromatic carbocycles. The van der Waals surface area contributed by atoms with Gasteiger partial charge in [0.15, 0.2) is 5.78 Å². The lowest BCUT2D eigenvalue weighted by molar-refractivity contribution is -0.111. The van der Waals surface area contributed by atoms with Crippen LogP contribution >= 0.6 is 0 Å². The Labute approximate surface area is 122 Å². The van der Waals surface area contributed by atoms with Crippen molar-refractivity contribution < 1.29 is 4.79 Å². The van der Waals surface area contributed by atoms with Crippen molar-refractivity contribution in [3.8, 4) is 0 Å². The Morgan fingerprint density at radius 1 is 1.30 bits per heavy atom. The molecule has 0 radical (unpaired) electrons. The highest BCUT2D eigenvalue weighted by Crippen LogP contribution is 2.34. The van der Waals surface area contributed by atoms with Crippen LogP contribution < -0.4 is 0 Å². The lowest BCUT2D eigenvalue weighted by Gasteiger charge is -2.20. The Morgan fingerprint density at radius 3 is 2.45 bits per heavy atom. The predicted octanol–water partition coefficient (Wildman–Crippen LogP) is 5.07. The van der Waals surface area contributed by atoms with E-state index in [1.165, 1.54) is 18.1 Å². The zero-order valence-electron chi connectivity index (χ0n) is 12.7. The van der Waals surface area contributed by atoms with Gasteiger partial charge < -0.3 is 0 Å². The van der Waals surface area contributed by atoms with Crippen molar-refractivity contribution in [3.05, 3.63) is 72.4 Å². The van der Waals surface area contributed by atoms with E-state index in [9.17, 15) is 4.79 Å². The number of ketones is 1. The first-order valence-electron chi connectivity index (χ1n) is 7.25. The van der Waals surface area contributed by atoms with E-state index >= 15 is 0 Å². The third-order valence-electron chi connectivity index (χ3n) is 3.29. The second kappa shape index (κ2) is 8.31. The fourth-order valence-corrected chi connectivity index (χ4v) is 2.26. The number of carbonyl (C=O) groups excluding carboxylic acids is 1. The molecule has 0 bridgehead atoms. The SMILES string of the molecule is C=CC(=O)C1=CC=CC1[C@H](C)c1ccccc1.CCC. The van der Waals surface area contributed by atoms with Crippen molar-refractivity contribution in [2.75, 3.05) is 0 Å². The molecule has 1 nitrogen and oxygen atoms in total. The fourth-order valence-electron chi connectivity index (χ4n) is 2.26. The van der Waals surface area contributed by atoms with Gasteiger partial charge in [0.2, 0.25) is 0 Å². The van der Waals surface area contributed by atoms with Gasteiger partial charge in [-0.15, -0.1) is 0 Å². The normalized spacial score (nSPS) is 17.8. The van der Waals surface area contributed by atoms with Crippen molar-refractivity contribution in [3.63, 3.8) is 0 Å². The predicted molar refractivity (Wildman–Crippen MR) is 86.7 cm³/mol. The van der Waals surface area contributed by atoms with Crippen molar-refractivity contribution in [1.82, 2.24) is 0 Å². The monoisotopic (exact) mass is 268 g/mol. The summed E-state index contributed by atoms with van der Waals surface area (Å²) in [6, 6.07) is 10.3. The van der Waals surface area contributed by atoms with E-state index in [2.05, 4.69) is 45.6 Å². The summed E-state index contributed by atoms with van der Waals surface area (Å²) >= 11 is 0. The van der Waals surface area contributed by atoms with Crippen LogP contribution in [-0.4, -0.2) is 5.78 Å². The number of carbonyl (C=O) groups is 1. The van der Waals surface area contributed by atoms with E-state index in [0.29, 0.717) is 5.92 Å². The highest BCUT2D eigenvalue weighted by atomic mass is 16.1. The average Bonchev–Trinajstić information content (AvgIpc) is 2.97. The van der Waals surface area contributed by atoms with Gasteiger partial charge in [0, 0.05) is 11.5 Å². The maximum absolute atomic E-state index is 11.7. The highest BCUT2D eigenvalue weighted by Gasteiger charge is 2.25. The maximum atomic E-state index is 11.7. The Kier molecular flexibility index (Phi) is 6.72. The van der Waals surface area contributed by atoms with E-state index in [4.69, 9.17) is 0 Å². The molecule has 0 saturated heterocycles. The minimum absolute atomic E-state index is 0.0304. The molecule has 1 aliphatic carbocycles. The number of allylic oxidation sites excluding steroid dienone is 5. The largest absolute Gasteiger partial charge is 0.290 e. The van der Waals surface area contributed by atoms with Crippen molar-refractivity contribution in [2.45, 2.75) is 33.1 Å². The Balaban J connectivity index is 0.000000612. The van der Waals surface area contributed by atoms with Gasteiger partial charge in [-0.1, -0.05) is 82.3 Å². The number of hydrogen-bond donors (Lipinski definition) is 0. The molecule has 0 aliphatic heterocycles. The lowest BCUT2D eigenvalue weighted by Crippen LogP contribution is -2.13. The molecule has 1 aromatic rings. The van der Waals surface area contributed by atoms with Crippen LogP contribution in [-0.2, 0) is 4.79 Å². The molecule has 1 unspecified atom stereocenters. The van der Waals surface area contributed by atoms with Crippen molar-refractivity contribution in [1.29, 1.82) is 0 Å². The first-order valence-corrected chi connectivity index (χ1v) is 7.25. The Morgan fingerprint density at radius 2 is 1.90 bits per heavy atom. The fraction of sp³-hybridized carbons (Fsp3) is 0.316. The molecule has 0 amide bonds. The zero-order chi connectivity index (χ0) is 15.0. The maximum Gasteiger partial charge on any atom is 0.181 e. The minimum Gasteiger partial charge on any atom is -0.290 e. The van der Waals surface area contributed by atoms with Gasteiger partial charge in [-0.3, -0.25) is 4.79 Å². The van der Waals surface area contributed by atoms with Gasteiger partial charge >= 0.3 is 0 Å². The molecule has 0 saturated carbocycles. The summed E-state index contributed by atoms with van der Waals surface area (Å²) in [6.45, 7) is 9.96. The molecular weight excluding hydrogens is 244 g/mol. The average molecular weight is 268 g/mol. The summed E-state index contributed by atoms with van der Waals surface area (Å²) in [4.78, 5) is 11.7. The van der Waals surface area contributed by atoms with Gasteiger partial charge in [0.25, 0.3) is 0 Å². The quantitative estimate of drug-likeness (QED) is 0.696. The summed E-state index contributed by atoms with van der Waals surface area (Å²) in [7, 11) is 0.